The van der Waals surface area contributed by atoms with Crippen molar-refractivity contribution >= 4 is 17.8 Å². The van der Waals surface area contributed by atoms with Gasteiger partial charge >= 0.3 is 11.9 Å². The Balaban J connectivity index is 1.72. The Bertz CT molecular complexity index is 1310. The van der Waals surface area contributed by atoms with Gasteiger partial charge in [-0.2, -0.15) is 23.4 Å². The summed E-state index contributed by atoms with van der Waals surface area (Å²) in [6, 6.07) is 9.24. The standard InChI is InChI=1S/C22H21ClF4N6O3/c1-3-32-19(30-31-21(32)34)17-16(24)14-9-28-33(11-35-10-13-7-5-4-6-8-13)18(23)15(14)20(29-17)36-12(2)22(25,26)27/h4-9,12,18H,3,10-11H2,1-2H3,(H,31,34)/t12-,18+/m0/s1. The summed E-state index contributed by atoms with van der Waals surface area (Å²) in [5, 5.41) is 11.3. The molecule has 1 N–H and O–H groups in total. The van der Waals surface area contributed by atoms with E-state index in [1.165, 1.54) is 5.01 Å². The second-order valence-electron chi connectivity index (χ2n) is 7.79. The molecule has 0 unspecified atom stereocenters. The monoisotopic (exact) mass is 528 g/mol. The van der Waals surface area contributed by atoms with Gasteiger partial charge in [-0.25, -0.2) is 24.3 Å². The third-order valence-corrected chi connectivity index (χ3v) is 5.83. The van der Waals surface area contributed by atoms with Crippen LogP contribution in [0.3, 0.4) is 0 Å². The number of hydrazone groups is 1. The van der Waals surface area contributed by atoms with E-state index in [2.05, 4.69) is 20.3 Å². The number of ether oxygens (including phenoxy) is 2. The lowest BCUT2D eigenvalue weighted by Gasteiger charge is -2.31. The number of nitrogens with zero attached hydrogens (tertiary/aromatic N) is 5. The zero-order valence-electron chi connectivity index (χ0n) is 19.1. The van der Waals surface area contributed by atoms with E-state index >= 15 is 4.39 Å². The molecule has 2 aromatic heterocycles. The van der Waals surface area contributed by atoms with Gasteiger partial charge in [-0.1, -0.05) is 41.9 Å². The van der Waals surface area contributed by atoms with Gasteiger partial charge in [0.15, 0.2) is 23.2 Å². The predicted octanol–water partition coefficient (Wildman–Crippen LogP) is 4.18. The Labute approximate surface area is 207 Å². The third kappa shape index (κ3) is 5.07. The first-order valence-corrected chi connectivity index (χ1v) is 11.2. The smallest absolute Gasteiger partial charge is 0.425 e. The minimum atomic E-state index is -4.73. The number of pyridine rings is 1. The Hall–Kier alpha value is -3.45. The van der Waals surface area contributed by atoms with E-state index in [1.54, 1.807) is 6.92 Å². The van der Waals surface area contributed by atoms with Crippen molar-refractivity contribution in [2.45, 2.75) is 44.8 Å². The molecule has 0 spiro atoms. The van der Waals surface area contributed by atoms with E-state index in [0.29, 0.717) is 0 Å². The number of fused-ring (bicyclic) bond motifs is 1. The molecule has 0 radical (unpaired) electrons. The minimum absolute atomic E-state index is 0.108. The second kappa shape index (κ2) is 10.3. The van der Waals surface area contributed by atoms with Crippen LogP contribution in [-0.2, 0) is 17.9 Å². The van der Waals surface area contributed by atoms with E-state index in [9.17, 15) is 18.0 Å². The fraction of sp³-hybridized carbons (Fsp3) is 0.364. The maximum absolute atomic E-state index is 15.6. The molecular formula is C22H21ClF4N6O3. The maximum Gasteiger partial charge on any atom is 0.425 e. The zero-order chi connectivity index (χ0) is 26.0. The highest BCUT2D eigenvalue weighted by Gasteiger charge is 2.41. The van der Waals surface area contributed by atoms with E-state index < -0.39 is 40.9 Å². The maximum atomic E-state index is 15.6. The first kappa shape index (κ1) is 25.6. The Kier molecular flexibility index (Phi) is 7.31. The number of aromatic nitrogens is 4. The molecule has 3 aromatic rings. The number of nitrogens with one attached hydrogen (secondary N) is 1. The molecule has 4 rings (SSSR count). The van der Waals surface area contributed by atoms with Gasteiger partial charge in [-0.3, -0.25) is 4.57 Å². The number of alkyl halides is 4. The molecule has 1 aliphatic rings. The highest BCUT2D eigenvalue weighted by Crippen LogP contribution is 2.41. The molecule has 0 amide bonds. The van der Waals surface area contributed by atoms with Crippen LogP contribution in [0.15, 0.2) is 40.2 Å². The van der Waals surface area contributed by atoms with E-state index in [4.69, 9.17) is 21.1 Å². The van der Waals surface area contributed by atoms with E-state index in [-0.39, 0.29) is 36.8 Å². The van der Waals surface area contributed by atoms with Crippen molar-refractivity contribution in [2.75, 3.05) is 6.73 Å². The second-order valence-corrected chi connectivity index (χ2v) is 8.20. The zero-order valence-corrected chi connectivity index (χ0v) is 19.8. The van der Waals surface area contributed by atoms with Crippen LogP contribution in [0.1, 0.15) is 36.0 Å². The number of rotatable bonds is 8. The minimum Gasteiger partial charge on any atom is -0.465 e. The number of hydrogen-bond donors (Lipinski definition) is 1. The van der Waals surface area contributed by atoms with Crippen LogP contribution in [0.25, 0.3) is 11.5 Å². The van der Waals surface area contributed by atoms with Crippen LogP contribution in [0.5, 0.6) is 5.88 Å². The van der Waals surface area contributed by atoms with Crippen molar-refractivity contribution in [1.29, 1.82) is 0 Å². The van der Waals surface area contributed by atoms with Crippen molar-refractivity contribution in [2.24, 2.45) is 5.10 Å². The number of H-pyrrole nitrogens is 1. The Morgan fingerprint density at radius 3 is 2.64 bits per heavy atom. The van der Waals surface area contributed by atoms with Crippen LogP contribution in [0, 0.1) is 5.82 Å². The number of halogens is 5. The molecule has 0 saturated heterocycles. The summed E-state index contributed by atoms with van der Waals surface area (Å²) >= 11 is 6.52. The van der Waals surface area contributed by atoms with Crippen LogP contribution < -0.4 is 10.4 Å². The lowest BCUT2D eigenvalue weighted by Crippen LogP contribution is -2.34. The predicted molar refractivity (Wildman–Crippen MR) is 122 cm³/mol. The quantitative estimate of drug-likeness (QED) is 0.268. The third-order valence-electron chi connectivity index (χ3n) is 5.38. The molecule has 2 atom stereocenters. The van der Waals surface area contributed by atoms with Crippen molar-refractivity contribution < 1.29 is 27.0 Å². The average Bonchev–Trinajstić information content (AvgIpc) is 3.22. The summed E-state index contributed by atoms with van der Waals surface area (Å²) in [5.74, 6) is -1.74. The van der Waals surface area contributed by atoms with Gasteiger partial charge in [0.1, 0.15) is 12.4 Å². The first-order chi connectivity index (χ1) is 17.1. The van der Waals surface area contributed by atoms with E-state index in [1.807, 2.05) is 30.3 Å². The molecule has 3 heterocycles. The lowest BCUT2D eigenvalue weighted by molar-refractivity contribution is -0.190. The molecule has 36 heavy (non-hydrogen) atoms. The summed E-state index contributed by atoms with van der Waals surface area (Å²) in [6.07, 6.45) is -5.93. The molecular weight excluding hydrogens is 508 g/mol. The van der Waals surface area contributed by atoms with Crippen LogP contribution >= 0.6 is 11.6 Å². The van der Waals surface area contributed by atoms with Crippen LogP contribution in [0.4, 0.5) is 17.6 Å². The number of benzene rings is 1. The fourth-order valence-electron chi connectivity index (χ4n) is 3.46. The van der Waals surface area contributed by atoms with Crippen molar-refractivity contribution in [3.05, 3.63) is 63.3 Å². The molecule has 0 fully saturated rings. The normalized spacial score (nSPS) is 16.2. The average molecular weight is 529 g/mol. The van der Waals surface area contributed by atoms with Crippen molar-refractivity contribution in [3.63, 3.8) is 0 Å². The van der Waals surface area contributed by atoms with Gasteiger partial charge in [0.25, 0.3) is 0 Å². The fourth-order valence-corrected chi connectivity index (χ4v) is 3.78. The van der Waals surface area contributed by atoms with Crippen LogP contribution in [-0.4, -0.2) is 50.0 Å². The molecule has 9 nitrogen and oxygen atoms in total. The summed E-state index contributed by atoms with van der Waals surface area (Å²) in [4.78, 5) is 16.0. The molecule has 14 heteroatoms. The summed E-state index contributed by atoms with van der Waals surface area (Å²) < 4.78 is 67.3. The number of aromatic amines is 1. The van der Waals surface area contributed by atoms with Crippen molar-refractivity contribution in [3.8, 4) is 17.4 Å². The molecule has 1 aromatic carbocycles. The van der Waals surface area contributed by atoms with Gasteiger partial charge in [-0.15, -0.1) is 0 Å². The Morgan fingerprint density at radius 2 is 1.97 bits per heavy atom. The lowest BCUT2D eigenvalue weighted by atomic mass is 10.1. The molecule has 1 aliphatic heterocycles. The van der Waals surface area contributed by atoms with Gasteiger partial charge < -0.3 is 9.47 Å². The largest absolute Gasteiger partial charge is 0.465 e. The molecule has 0 bridgehead atoms. The van der Waals surface area contributed by atoms with Crippen LogP contribution in [0.2, 0.25) is 0 Å². The number of hydrogen-bond acceptors (Lipinski definition) is 7. The van der Waals surface area contributed by atoms with Crippen molar-refractivity contribution in [1.82, 2.24) is 24.8 Å². The first-order valence-electron chi connectivity index (χ1n) is 10.8. The van der Waals surface area contributed by atoms with Gasteiger partial charge in [0.05, 0.1) is 18.4 Å². The summed E-state index contributed by atoms with van der Waals surface area (Å²) in [6.45, 7) is 2.58. The summed E-state index contributed by atoms with van der Waals surface area (Å²) in [5.41, 5.74) is -1.90. The highest BCUT2D eigenvalue weighted by atomic mass is 35.5. The molecule has 0 aliphatic carbocycles. The Morgan fingerprint density at radius 1 is 1.25 bits per heavy atom. The summed E-state index contributed by atoms with van der Waals surface area (Å²) in [7, 11) is 0. The SMILES string of the molecule is CCn1c(-c2nc(O[C@@H](C)C(F)(F)F)c3c(c2F)C=NN(COCc2ccccc2)[C@H]3Cl)n[nH]c1=O. The van der Waals surface area contributed by atoms with E-state index in [0.717, 1.165) is 23.3 Å². The highest BCUT2D eigenvalue weighted by molar-refractivity contribution is 6.21. The van der Waals surface area contributed by atoms with Gasteiger partial charge in [-0.05, 0) is 19.4 Å². The topological polar surface area (TPSA) is 97.6 Å². The molecule has 192 valence electrons. The van der Waals surface area contributed by atoms with Gasteiger partial charge in [0.2, 0.25) is 5.88 Å². The molecule has 0 saturated carbocycles. The van der Waals surface area contributed by atoms with Gasteiger partial charge in [0, 0.05) is 12.1 Å².